The van der Waals surface area contributed by atoms with Gasteiger partial charge < -0.3 is 5.11 Å². The predicted molar refractivity (Wildman–Crippen MR) is 73.5 cm³/mol. The highest BCUT2D eigenvalue weighted by Gasteiger charge is 2.23. The van der Waals surface area contributed by atoms with Crippen LogP contribution in [0.25, 0.3) is 0 Å². The number of nitriles is 1. The quantitative estimate of drug-likeness (QED) is 0.899. The van der Waals surface area contributed by atoms with Crippen molar-refractivity contribution < 1.29 is 14.3 Å². The molecule has 1 N–H and O–H groups in total. The topological polar surface area (TPSA) is 64.3 Å². The van der Waals surface area contributed by atoms with E-state index in [2.05, 4.69) is 0 Å². The molecule has 0 unspecified atom stereocenters. The van der Waals surface area contributed by atoms with E-state index >= 15 is 0 Å². The van der Waals surface area contributed by atoms with Crippen LogP contribution in [0.4, 0.5) is 4.39 Å². The first kappa shape index (κ1) is 16.1. The summed E-state index contributed by atoms with van der Waals surface area (Å²) in [6, 6.07) is 6.06. The molecule has 1 aromatic carbocycles. The third-order valence-corrected chi connectivity index (χ3v) is 3.09. The highest BCUT2D eigenvalue weighted by Crippen LogP contribution is 2.20. The molecule has 0 amide bonds. The molecule has 108 valence electrons. The van der Waals surface area contributed by atoms with Crippen molar-refractivity contribution in [3.63, 3.8) is 0 Å². The van der Waals surface area contributed by atoms with Crippen LogP contribution in [0.1, 0.15) is 38.3 Å². The molecule has 20 heavy (non-hydrogen) atoms. The van der Waals surface area contributed by atoms with Crippen LogP contribution in [0.3, 0.4) is 0 Å². The average Bonchev–Trinajstić information content (AvgIpc) is 2.33. The number of hydrogen-bond acceptors (Lipinski definition) is 3. The lowest BCUT2D eigenvalue weighted by Crippen LogP contribution is -2.42. The lowest BCUT2D eigenvalue weighted by atomic mass is 10.0. The summed E-state index contributed by atoms with van der Waals surface area (Å²) in [7, 11) is 0. The van der Waals surface area contributed by atoms with Gasteiger partial charge >= 0.3 is 5.97 Å². The predicted octanol–water partition coefficient (Wildman–Crippen LogP) is 2.77. The van der Waals surface area contributed by atoms with Crippen LogP contribution in [0.5, 0.6) is 0 Å². The summed E-state index contributed by atoms with van der Waals surface area (Å²) in [6.07, 6.45) is 0.00841. The Hall–Kier alpha value is -1.93. The number of halogens is 1. The van der Waals surface area contributed by atoms with Gasteiger partial charge in [0, 0.05) is 18.6 Å². The Morgan fingerprint density at radius 1 is 1.45 bits per heavy atom. The number of carboxylic acid groups (broad SMARTS) is 1. The fraction of sp³-hybridized carbons (Fsp3) is 0.467. The van der Waals surface area contributed by atoms with E-state index in [4.69, 9.17) is 10.4 Å². The molecule has 0 atom stereocenters. The molecular weight excluding hydrogens is 259 g/mol. The first-order chi connectivity index (χ1) is 9.24. The van der Waals surface area contributed by atoms with Crippen LogP contribution < -0.4 is 0 Å². The van der Waals surface area contributed by atoms with Gasteiger partial charge in [0.25, 0.3) is 0 Å². The van der Waals surface area contributed by atoms with Crippen LogP contribution in [0.15, 0.2) is 18.2 Å². The molecule has 0 radical (unpaired) electrons. The molecular formula is C15H19FN2O2. The van der Waals surface area contributed by atoms with Gasteiger partial charge in [0.2, 0.25) is 0 Å². The van der Waals surface area contributed by atoms with Gasteiger partial charge in [-0.05, 0) is 44.5 Å². The monoisotopic (exact) mass is 278 g/mol. The molecule has 0 aliphatic carbocycles. The maximum Gasteiger partial charge on any atom is 0.304 e. The molecule has 0 aliphatic rings. The highest BCUT2D eigenvalue weighted by molar-refractivity contribution is 5.66. The number of nitrogens with zero attached hydrogens (tertiary/aromatic N) is 2. The van der Waals surface area contributed by atoms with E-state index in [1.165, 1.54) is 18.2 Å². The zero-order chi connectivity index (χ0) is 15.3. The Morgan fingerprint density at radius 3 is 2.60 bits per heavy atom. The summed E-state index contributed by atoms with van der Waals surface area (Å²) < 4.78 is 13.3. The number of aliphatic carboxylic acids is 1. The summed E-state index contributed by atoms with van der Waals surface area (Å²) >= 11 is 0. The molecule has 0 saturated carbocycles. The van der Waals surface area contributed by atoms with Gasteiger partial charge in [-0.2, -0.15) is 5.26 Å². The molecule has 0 aromatic heterocycles. The zero-order valence-corrected chi connectivity index (χ0v) is 12.0. The van der Waals surface area contributed by atoms with E-state index in [0.717, 1.165) is 0 Å². The SMILES string of the molecule is CC(C)(C)N(CCC(=O)O)Cc1cc(F)ccc1C#N. The van der Waals surface area contributed by atoms with Crippen molar-refractivity contribution in [3.05, 3.63) is 35.1 Å². The number of hydrogen-bond donors (Lipinski definition) is 1. The lowest BCUT2D eigenvalue weighted by Gasteiger charge is -2.35. The second-order valence-corrected chi connectivity index (χ2v) is 5.65. The fourth-order valence-electron chi connectivity index (χ4n) is 1.89. The molecule has 0 bridgehead atoms. The van der Waals surface area contributed by atoms with Crippen LogP contribution in [-0.2, 0) is 11.3 Å². The maximum absolute atomic E-state index is 13.3. The highest BCUT2D eigenvalue weighted by atomic mass is 19.1. The van der Waals surface area contributed by atoms with E-state index in [0.29, 0.717) is 24.2 Å². The fourth-order valence-corrected chi connectivity index (χ4v) is 1.89. The first-order valence-corrected chi connectivity index (χ1v) is 6.39. The molecule has 1 rings (SSSR count). The van der Waals surface area contributed by atoms with Crippen molar-refractivity contribution >= 4 is 5.97 Å². The molecule has 0 spiro atoms. The van der Waals surface area contributed by atoms with Gasteiger partial charge in [0.15, 0.2) is 0 Å². The van der Waals surface area contributed by atoms with E-state index in [9.17, 15) is 9.18 Å². The Kier molecular flexibility index (Phi) is 5.23. The zero-order valence-electron chi connectivity index (χ0n) is 12.0. The average molecular weight is 278 g/mol. The second kappa shape index (κ2) is 6.49. The Balaban J connectivity index is 2.98. The van der Waals surface area contributed by atoms with E-state index < -0.39 is 11.8 Å². The standard InChI is InChI=1S/C15H19FN2O2/c1-15(2,3)18(7-6-14(19)20)10-12-8-13(16)5-4-11(12)9-17/h4-5,8H,6-7,10H2,1-3H3,(H,19,20). The van der Waals surface area contributed by atoms with Gasteiger partial charge in [-0.3, -0.25) is 9.69 Å². The van der Waals surface area contributed by atoms with E-state index in [-0.39, 0.29) is 12.0 Å². The second-order valence-electron chi connectivity index (χ2n) is 5.65. The summed E-state index contributed by atoms with van der Waals surface area (Å²) in [5.74, 6) is -1.27. The summed E-state index contributed by atoms with van der Waals surface area (Å²) in [4.78, 5) is 12.6. The molecule has 4 nitrogen and oxygen atoms in total. The van der Waals surface area contributed by atoms with Gasteiger partial charge in [-0.25, -0.2) is 4.39 Å². The number of carboxylic acids is 1. The van der Waals surface area contributed by atoms with Crippen molar-refractivity contribution in [1.82, 2.24) is 4.90 Å². The van der Waals surface area contributed by atoms with E-state index in [1.54, 1.807) is 0 Å². The van der Waals surface area contributed by atoms with Crippen LogP contribution >= 0.6 is 0 Å². The Bertz CT molecular complexity index is 530. The van der Waals surface area contributed by atoms with Gasteiger partial charge in [0.1, 0.15) is 5.82 Å². The summed E-state index contributed by atoms with van der Waals surface area (Å²) in [5, 5.41) is 17.9. The van der Waals surface area contributed by atoms with Crippen molar-refractivity contribution in [2.75, 3.05) is 6.54 Å². The van der Waals surface area contributed by atoms with Crippen molar-refractivity contribution in [2.24, 2.45) is 0 Å². The minimum atomic E-state index is -0.876. The summed E-state index contributed by atoms with van der Waals surface area (Å²) in [6.45, 7) is 6.57. The number of carbonyl (C=O) groups is 1. The Morgan fingerprint density at radius 2 is 2.10 bits per heavy atom. The minimum absolute atomic E-state index is 0.00841. The Labute approximate surface area is 118 Å². The van der Waals surface area contributed by atoms with Crippen LogP contribution in [0, 0.1) is 17.1 Å². The molecule has 1 aromatic rings. The normalized spacial score (nSPS) is 11.4. The number of benzene rings is 1. The lowest BCUT2D eigenvalue weighted by molar-refractivity contribution is -0.137. The molecule has 0 aliphatic heterocycles. The van der Waals surface area contributed by atoms with Gasteiger partial charge in [-0.1, -0.05) is 0 Å². The third-order valence-electron chi connectivity index (χ3n) is 3.09. The third kappa shape index (κ3) is 4.63. The molecule has 5 heteroatoms. The summed E-state index contributed by atoms with van der Waals surface area (Å²) in [5.41, 5.74) is 0.720. The van der Waals surface area contributed by atoms with Crippen LogP contribution in [-0.4, -0.2) is 28.1 Å². The molecule has 0 saturated heterocycles. The van der Waals surface area contributed by atoms with Gasteiger partial charge in [0.05, 0.1) is 18.1 Å². The molecule has 0 heterocycles. The van der Waals surface area contributed by atoms with E-state index in [1.807, 2.05) is 31.7 Å². The van der Waals surface area contributed by atoms with Crippen molar-refractivity contribution in [1.29, 1.82) is 5.26 Å². The number of rotatable bonds is 5. The minimum Gasteiger partial charge on any atom is -0.481 e. The smallest absolute Gasteiger partial charge is 0.304 e. The van der Waals surface area contributed by atoms with Gasteiger partial charge in [-0.15, -0.1) is 0 Å². The van der Waals surface area contributed by atoms with Crippen molar-refractivity contribution in [3.8, 4) is 6.07 Å². The first-order valence-electron chi connectivity index (χ1n) is 6.39. The molecule has 0 fully saturated rings. The maximum atomic E-state index is 13.3. The van der Waals surface area contributed by atoms with Crippen LogP contribution in [0.2, 0.25) is 0 Å². The largest absolute Gasteiger partial charge is 0.481 e. The van der Waals surface area contributed by atoms with Crippen molar-refractivity contribution in [2.45, 2.75) is 39.3 Å².